The van der Waals surface area contributed by atoms with Crippen molar-refractivity contribution >= 4 is 40.3 Å². The lowest BCUT2D eigenvalue weighted by Gasteiger charge is -2.41. The molecule has 0 spiro atoms. The number of piperidine rings is 2. The number of imidazole rings is 1. The molecule has 1 aromatic heterocycles. The summed E-state index contributed by atoms with van der Waals surface area (Å²) in [5.74, 6) is -0.0667. The highest BCUT2D eigenvalue weighted by Crippen LogP contribution is 2.27. The number of fused-ring (bicyclic) bond motifs is 1. The van der Waals surface area contributed by atoms with E-state index < -0.39 is 6.04 Å². The van der Waals surface area contributed by atoms with E-state index in [1.807, 2.05) is 46.7 Å². The van der Waals surface area contributed by atoms with Gasteiger partial charge >= 0.3 is 11.7 Å². The monoisotopic (exact) mass is 622 g/mol. The van der Waals surface area contributed by atoms with Gasteiger partial charge in [0.15, 0.2) is 0 Å². The number of carbonyl (C=O) groups is 2. The molecule has 0 bridgehead atoms. The number of nitrogens with one attached hydrogen (secondary N) is 3. The Morgan fingerprint density at radius 1 is 0.977 bits per heavy atom. The predicted octanol–water partition coefficient (Wildman–Crippen LogP) is 2.73. The van der Waals surface area contributed by atoms with Gasteiger partial charge in [-0.1, -0.05) is 29.8 Å². The Hall–Kier alpha value is -3.54. The first kappa shape index (κ1) is 30.5. The number of urea groups is 1. The second-order valence-corrected chi connectivity index (χ2v) is 12.8. The van der Waals surface area contributed by atoms with Crippen molar-refractivity contribution < 1.29 is 9.59 Å². The van der Waals surface area contributed by atoms with E-state index in [2.05, 4.69) is 20.5 Å². The molecule has 4 heterocycles. The van der Waals surface area contributed by atoms with E-state index in [9.17, 15) is 14.4 Å². The van der Waals surface area contributed by atoms with Crippen molar-refractivity contribution in [3.63, 3.8) is 0 Å². The number of nitrogens with two attached hydrogens (primary N) is 1. The van der Waals surface area contributed by atoms with Gasteiger partial charge in [-0.05, 0) is 61.9 Å². The van der Waals surface area contributed by atoms with Crippen molar-refractivity contribution in [1.82, 2.24) is 34.9 Å². The maximum Gasteiger partial charge on any atom is 0.326 e. The molecule has 3 aromatic rings. The predicted molar refractivity (Wildman–Crippen MR) is 173 cm³/mol. The zero-order valence-corrected chi connectivity index (χ0v) is 26.1. The molecular formula is C32H43ClN8O3. The number of aromatic nitrogens is 2. The SMILES string of the molecule is Cc1cc(C[C@@H](NC(=O)N2CCC(n3c(=O)[nH]c4ccccc43)CC2)C(=O)N2CCC(N3CCNCC3)CC2)cc(Cl)c1N. The van der Waals surface area contributed by atoms with Crippen molar-refractivity contribution in [3.8, 4) is 0 Å². The number of amides is 3. The van der Waals surface area contributed by atoms with Crippen LogP contribution in [0.3, 0.4) is 0 Å². The van der Waals surface area contributed by atoms with Crippen LogP contribution in [0.15, 0.2) is 41.2 Å². The lowest BCUT2D eigenvalue weighted by molar-refractivity contribution is -0.134. The number of H-pyrrole nitrogens is 1. The van der Waals surface area contributed by atoms with Crippen molar-refractivity contribution in [2.75, 3.05) is 58.1 Å². The number of carbonyl (C=O) groups excluding carboxylic acids is 2. The smallest absolute Gasteiger partial charge is 0.326 e. The van der Waals surface area contributed by atoms with Gasteiger partial charge in [-0.2, -0.15) is 0 Å². The van der Waals surface area contributed by atoms with Crippen LogP contribution in [0.1, 0.15) is 42.9 Å². The zero-order chi connectivity index (χ0) is 30.8. The highest BCUT2D eigenvalue weighted by Gasteiger charge is 2.34. The number of nitrogens with zero attached hydrogens (tertiary/aromatic N) is 4. The van der Waals surface area contributed by atoms with Crippen LogP contribution in [-0.4, -0.2) is 101 Å². The van der Waals surface area contributed by atoms with E-state index in [-0.39, 0.29) is 23.7 Å². The van der Waals surface area contributed by atoms with Gasteiger partial charge in [-0.25, -0.2) is 9.59 Å². The Morgan fingerprint density at radius 2 is 1.64 bits per heavy atom. The number of aromatic amines is 1. The number of anilines is 1. The molecule has 5 N–H and O–H groups in total. The lowest BCUT2D eigenvalue weighted by Crippen LogP contribution is -2.57. The molecule has 12 heteroatoms. The Morgan fingerprint density at radius 3 is 2.34 bits per heavy atom. The molecule has 3 aliphatic rings. The maximum absolute atomic E-state index is 14.0. The topological polar surface area (TPSA) is 132 Å². The molecule has 6 rings (SSSR count). The molecule has 0 unspecified atom stereocenters. The van der Waals surface area contributed by atoms with Crippen LogP contribution in [-0.2, 0) is 11.2 Å². The third-order valence-electron chi connectivity index (χ3n) is 9.62. The van der Waals surface area contributed by atoms with Gasteiger partial charge in [0, 0.05) is 70.9 Å². The quantitative estimate of drug-likeness (QED) is 0.313. The number of halogens is 1. The summed E-state index contributed by atoms with van der Waals surface area (Å²) in [5.41, 5.74) is 9.87. The molecule has 3 aliphatic heterocycles. The normalized spacial score (nSPS) is 19.8. The standard InChI is InChI=1S/C32H43ClN8O3/c1-21-18-22(19-25(33)29(21)34)20-27(30(42)39-12-6-23(7-13-39)38-16-10-35-11-17-38)37-31(43)40-14-8-24(9-15-40)41-28-5-3-2-4-26(28)36-32(41)44/h2-5,18-19,23-24,27,35H,6-17,20,34H2,1H3,(H,36,44)(H,37,43)/t27-/m1/s1. The van der Waals surface area contributed by atoms with Crippen LogP contribution in [0.5, 0.6) is 0 Å². The van der Waals surface area contributed by atoms with E-state index in [1.54, 1.807) is 11.0 Å². The van der Waals surface area contributed by atoms with Crippen LogP contribution < -0.4 is 22.1 Å². The fourth-order valence-corrected chi connectivity index (χ4v) is 7.39. The first-order valence-electron chi connectivity index (χ1n) is 15.8. The molecule has 3 fully saturated rings. The number of rotatable bonds is 6. The number of hydrogen-bond acceptors (Lipinski definition) is 6. The van der Waals surface area contributed by atoms with Gasteiger partial charge < -0.3 is 31.2 Å². The van der Waals surface area contributed by atoms with Crippen molar-refractivity contribution in [2.24, 2.45) is 0 Å². The van der Waals surface area contributed by atoms with Crippen LogP contribution in [0.4, 0.5) is 10.5 Å². The summed E-state index contributed by atoms with van der Waals surface area (Å²) in [4.78, 5) is 49.5. The maximum atomic E-state index is 14.0. The van der Waals surface area contributed by atoms with E-state index in [1.165, 1.54) is 0 Å². The molecular weight excluding hydrogens is 580 g/mol. The molecule has 2 aromatic carbocycles. The van der Waals surface area contributed by atoms with Gasteiger partial charge in [0.2, 0.25) is 5.91 Å². The van der Waals surface area contributed by atoms with Gasteiger partial charge in [0.1, 0.15) is 6.04 Å². The summed E-state index contributed by atoms with van der Waals surface area (Å²) in [7, 11) is 0. The molecule has 0 saturated carbocycles. The van der Waals surface area contributed by atoms with Gasteiger partial charge in [0.05, 0.1) is 21.7 Å². The summed E-state index contributed by atoms with van der Waals surface area (Å²) < 4.78 is 1.81. The Labute approximate surface area is 262 Å². The first-order chi connectivity index (χ1) is 21.3. The van der Waals surface area contributed by atoms with E-state index in [4.69, 9.17) is 17.3 Å². The molecule has 11 nitrogen and oxygen atoms in total. The second kappa shape index (κ2) is 13.2. The third kappa shape index (κ3) is 6.45. The lowest BCUT2D eigenvalue weighted by atomic mass is 9.98. The van der Waals surface area contributed by atoms with E-state index in [0.29, 0.717) is 62.2 Å². The minimum atomic E-state index is -0.730. The zero-order valence-electron chi connectivity index (χ0n) is 25.4. The number of aryl methyl sites for hydroxylation is 1. The minimum Gasteiger partial charge on any atom is -0.397 e. The van der Waals surface area contributed by atoms with Crippen LogP contribution in [0, 0.1) is 6.92 Å². The van der Waals surface area contributed by atoms with Gasteiger partial charge in [-0.3, -0.25) is 14.3 Å². The largest absolute Gasteiger partial charge is 0.397 e. The summed E-state index contributed by atoms with van der Waals surface area (Å²) in [6.45, 7) is 8.32. The number of hydrogen-bond donors (Lipinski definition) is 4. The molecule has 236 valence electrons. The molecule has 1 atom stereocenters. The highest BCUT2D eigenvalue weighted by molar-refractivity contribution is 6.33. The minimum absolute atomic E-state index is 0.00277. The molecule has 3 saturated heterocycles. The Balaban J connectivity index is 1.13. The fraction of sp³-hybridized carbons (Fsp3) is 0.531. The van der Waals surface area contributed by atoms with Crippen molar-refractivity contribution in [2.45, 2.75) is 57.2 Å². The second-order valence-electron chi connectivity index (χ2n) is 12.4. The van der Waals surface area contributed by atoms with E-state index >= 15 is 0 Å². The van der Waals surface area contributed by atoms with Crippen LogP contribution >= 0.6 is 11.6 Å². The summed E-state index contributed by atoms with van der Waals surface area (Å²) in [5, 5.41) is 6.94. The summed E-state index contributed by atoms with van der Waals surface area (Å²) in [6.07, 6.45) is 3.49. The molecule has 44 heavy (non-hydrogen) atoms. The summed E-state index contributed by atoms with van der Waals surface area (Å²) in [6, 6.07) is 10.9. The average Bonchev–Trinajstić information content (AvgIpc) is 3.39. The average molecular weight is 623 g/mol. The van der Waals surface area contributed by atoms with Crippen molar-refractivity contribution in [3.05, 3.63) is 63.0 Å². The fourth-order valence-electron chi connectivity index (χ4n) is 7.10. The summed E-state index contributed by atoms with van der Waals surface area (Å²) >= 11 is 6.40. The Kier molecular flexibility index (Phi) is 9.16. The molecule has 0 radical (unpaired) electrons. The Bertz CT molecular complexity index is 1530. The first-order valence-corrected chi connectivity index (χ1v) is 16.2. The molecule has 3 amide bonds. The third-order valence-corrected chi connectivity index (χ3v) is 9.93. The van der Waals surface area contributed by atoms with Crippen LogP contribution in [0.2, 0.25) is 5.02 Å². The van der Waals surface area contributed by atoms with E-state index in [0.717, 1.165) is 61.2 Å². The number of likely N-dealkylation sites (tertiary alicyclic amines) is 2. The number of piperazine rings is 1. The van der Waals surface area contributed by atoms with Gasteiger partial charge in [-0.15, -0.1) is 0 Å². The number of nitrogen functional groups attached to an aromatic ring is 1. The molecule has 0 aliphatic carbocycles. The number of para-hydroxylation sites is 2. The van der Waals surface area contributed by atoms with Crippen molar-refractivity contribution in [1.29, 1.82) is 0 Å². The van der Waals surface area contributed by atoms with Gasteiger partial charge in [0.25, 0.3) is 0 Å². The van der Waals surface area contributed by atoms with Crippen LogP contribution in [0.25, 0.3) is 11.0 Å². The highest BCUT2D eigenvalue weighted by atomic mass is 35.5. The number of benzene rings is 2.